The molecule has 4 atom stereocenters. The van der Waals surface area contributed by atoms with Gasteiger partial charge >= 0.3 is 0 Å². The minimum Gasteiger partial charge on any atom is -0.508 e. The Morgan fingerprint density at radius 3 is 2.46 bits per heavy atom. The van der Waals surface area contributed by atoms with Gasteiger partial charge < -0.3 is 24.5 Å². The van der Waals surface area contributed by atoms with E-state index in [2.05, 4.69) is 62.5 Å². The molecule has 2 aliphatic carbocycles. The van der Waals surface area contributed by atoms with Gasteiger partial charge in [-0.2, -0.15) is 0 Å². The zero-order valence-electron chi connectivity index (χ0n) is 33.4. The van der Waals surface area contributed by atoms with Crippen LogP contribution < -0.4 is 19.9 Å². The van der Waals surface area contributed by atoms with Crippen molar-refractivity contribution in [2.45, 2.75) is 81.8 Å². The molecule has 304 valence electrons. The van der Waals surface area contributed by atoms with E-state index >= 15 is 0 Å². The number of benzene rings is 3. The van der Waals surface area contributed by atoms with Gasteiger partial charge in [-0.1, -0.05) is 36.4 Å². The first-order chi connectivity index (χ1) is 28.8. The number of amides is 3. The number of phenolic OH excluding ortho intramolecular Hbond substituents is 1. The summed E-state index contributed by atoms with van der Waals surface area (Å²) >= 11 is 0. The van der Waals surface area contributed by atoms with E-state index in [1.54, 1.807) is 4.90 Å². The molecule has 6 heterocycles. The van der Waals surface area contributed by atoms with E-state index in [-0.39, 0.29) is 36.1 Å². The lowest BCUT2D eigenvalue weighted by Gasteiger charge is -2.54. The molecule has 59 heavy (non-hydrogen) atoms. The Morgan fingerprint density at radius 2 is 1.66 bits per heavy atom. The predicted octanol–water partition coefficient (Wildman–Crippen LogP) is 5.38. The molecule has 3 saturated heterocycles. The number of fused-ring (bicyclic) bond motifs is 5. The molecule has 0 radical (unpaired) electrons. The topological polar surface area (TPSA) is 131 Å². The Bertz CT molecular complexity index is 2300. The van der Waals surface area contributed by atoms with E-state index < -0.39 is 6.04 Å². The van der Waals surface area contributed by atoms with Gasteiger partial charge in [0.15, 0.2) is 0 Å². The minimum absolute atomic E-state index is 0.144. The van der Waals surface area contributed by atoms with Crippen molar-refractivity contribution in [3.63, 3.8) is 0 Å². The summed E-state index contributed by atoms with van der Waals surface area (Å²) in [5, 5.41) is 12.6. The predicted molar refractivity (Wildman–Crippen MR) is 222 cm³/mol. The number of hydrogen-bond donors (Lipinski definition) is 2. The van der Waals surface area contributed by atoms with Crippen LogP contribution in [-0.4, -0.2) is 101 Å². The first-order valence-electron chi connectivity index (χ1n) is 21.6. The molecule has 0 unspecified atom stereocenters. The number of carbonyl (C=O) groups excluding carboxylic acids is 3. The van der Waals surface area contributed by atoms with Crippen molar-refractivity contribution in [1.29, 1.82) is 0 Å². The summed E-state index contributed by atoms with van der Waals surface area (Å²) in [6, 6.07) is 20.2. The van der Waals surface area contributed by atoms with Crippen molar-refractivity contribution in [3.8, 4) is 11.5 Å². The van der Waals surface area contributed by atoms with Gasteiger partial charge in [-0.25, -0.2) is 9.97 Å². The summed E-state index contributed by atoms with van der Waals surface area (Å²) in [6.45, 7) is 7.00. The molecule has 3 amide bonds. The number of piperazine rings is 1. The second-order valence-corrected chi connectivity index (χ2v) is 18.3. The van der Waals surface area contributed by atoms with Crippen LogP contribution in [-0.2, 0) is 22.6 Å². The SMILES string of the molecule is O=C1CC[C@H](N2Cc3cc4c(cc3C2=O)OC[C@@H]2CN(CC3CCC5(CC3)CN(c3ncc([C@H]6c7ccc(O)cc7CC[C@H]6c6ccccc6)cn3)C5)CCN42)C(=O)N1. The minimum atomic E-state index is -0.621. The molecule has 4 fully saturated rings. The monoisotopic (exact) mass is 793 g/mol. The quantitative estimate of drug-likeness (QED) is 0.246. The van der Waals surface area contributed by atoms with Gasteiger partial charge in [-0.15, -0.1) is 0 Å². The van der Waals surface area contributed by atoms with Gasteiger partial charge in [0.1, 0.15) is 24.1 Å². The smallest absolute Gasteiger partial charge is 0.255 e. The van der Waals surface area contributed by atoms with Crippen LogP contribution in [0, 0.1) is 11.3 Å². The number of hydrogen-bond acceptors (Lipinski definition) is 10. The molecule has 0 bridgehead atoms. The molecule has 3 aromatic carbocycles. The highest BCUT2D eigenvalue weighted by Gasteiger charge is 2.47. The van der Waals surface area contributed by atoms with E-state index in [0.717, 1.165) is 80.6 Å². The Morgan fingerprint density at radius 1 is 0.847 bits per heavy atom. The van der Waals surface area contributed by atoms with Crippen LogP contribution in [0.2, 0.25) is 0 Å². The van der Waals surface area contributed by atoms with Crippen LogP contribution in [0.5, 0.6) is 11.5 Å². The number of phenols is 1. The third-order valence-electron chi connectivity index (χ3n) is 14.8. The second kappa shape index (κ2) is 14.4. The fourth-order valence-electron chi connectivity index (χ4n) is 11.6. The summed E-state index contributed by atoms with van der Waals surface area (Å²) in [7, 11) is 0. The van der Waals surface area contributed by atoms with Crippen molar-refractivity contribution < 1.29 is 24.2 Å². The number of ether oxygens (including phenoxy) is 1. The zero-order chi connectivity index (χ0) is 39.8. The first kappa shape index (κ1) is 36.6. The van der Waals surface area contributed by atoms with Crippen LogP contribution >= 0.6 is 0 Å². The van der Waals surface area contributed by atoms with Crippen LogP contribution in [0.1, 0.15) is 95.0 Å². The van der Waals surface area contributed by atoms with Crippen LogP contribution in [0.4, 0.5) is 11.6 Å². The molecular formula is C47H51N7O5. The Hall–Kier alpha value is -5.49. The van der Waals surface area contributed by atoms with Crippen molar-refractivity contribution in [2.24, 2.45) is 11.3 Å². The third kappa shape index (κ3) is 6.50. The maximum Gasteiger partial charge on any atom is 0.255 e. The molecule has 11 rings (SSSR count). The average Bonchev–Trinajstić information content (AvgIpc) is 3.56. The molecule has 4 aromatic rings. The number of aromatic nitrogens is 2. The van der Waals surface area contributed by atoms with E-state index in [0.29, 0.717) is 48.1 Å². The number of aryl methyl sites for hydroxylation is 1. The zero-order valence-corrected chi connectivity index (χ0v) is 33.4. The standard InChI is InChI=1S/C47H51N7O5/c55-35-7-9-37-31(18-35)6-8-36(30-4-2-1-3-5-30)43(37)33-21-48-46(49-22-33)52-27-47(28-52)14-12-29(13-15-47)23-51-16-17-53-34(25-51)26-59-41-20-38-32(19-40(41)53)24-54(45(38)58)39-10-11-42(56)50-44(39)57/h1-5,7,9,18-22,29,34,36,39,43,55H,6,8,10-17,23-28H2,(H,50,56,57)/t34-,36-,39-,43+/m0/s1. The summed E-state index contributed by atoms with van der Waals surface area (Å²) < 4.78 is 6.31. The fraction of sp³-hybridized carbons (Fsp3) is 0.468. The normalized spacial score (nSPS) is 26.4. The molecule has 1 saturated carbocycles. The highest BCUT2D eigenvalue weighted by atomic mass is 16.5. The van der Waals surface area contributed by atoms with E-state index in [9.17, 15) is 19.5 Å². The molecule has 1 spiro atoms. The third-order valence-corrected chi connectivity index (χ3v) is 14.8. The van der Waals surface area contributed by atoms with Crippen molar-refractivity contribution in [2.75, 3.05) is 55.7 Å². The van der Waals surface area contributed by atoms with Gasteiger partial charge in [-0.05, 0) is 109 Å². The maximum atomic E-state index is 13.4. The van der Waals surface area contributed by atoms with E-state index in [1.807, 2.05) is 30.6 Å². The molecule has 2 N–H and O–H groups in total. The highest BCUT2D eigenvalue weighted by Crippen LogP contribution is 2.49. The van der Waals surface area contributed by atoms with Crippen LogP contribution in [0.25, 0.3) is 0 Å². The average molecular weight is 794 g/mol. The van der Waals surface area contributed by atoms with Gasteiger partial charge in [0.05, 0.1) is 11.7 Å². The number of carbonyl (C=O) groups is 3. The highest BCUT2D eigenvalue weighted by molar-refractivity contribution is 6.06. The fourth-order valence-corrected chi connectivity index (χ4v) is 11.6. The number of anilines is 2. The van der Waals surface area contributed by atoms with E-state index in [1.165, 1.54) is 42.4 Å². The second-order valence-electron chi connectivity index (χ2n) is 18.3. The largest absolute Gasteiger partial charge is 0.508 e. The molecule has 1 aromatic heterocycles. The van der Waals surface area contributed by atoms with Crippen LogP contribution in [0.15, 0.2) is 73.1 Å². The number of rotatable bonds is 6. The number of imide groups is 1. The van der Waals surface area contributed by atoms with Gasteiger partial charge in [0.2, 0.25) is 17.8 Å². The van der Waals surface area contributed by atoms with Gasteiger partial charge in [0.25, 0.3) is 5.91 Å². The van der Waals surface area contributed by atoms with Crippen molar-refractivity contribution in [1.82, 2.24) is 25.1 Å². The molecule has 12 nitrogen and oxygen atoms in total. The molecule has 12 heteroatoms. The van der Waals surface area contributed by atoms with Gasteiger partial charge in [-0.3, -0.25) is 24.6 Å². The lowest BCUT2D eigenvalue weighted by atomic mass is 9.66. The molecular weight excluding hydrogens is 743 g/mol. The Labute approximate surface area is 344 Å². The van der Waals surface area contributed by atoms with E-state index in [4.69, 9.17) is 14.7 Å². The molecule has 7 aliphatic rings. The number of aromatic hydroxyl groups is 1. The lowest BCUT2D eigenvalue weighted by Crippen LogP contribution is -2.59. The summed E-state index contributed by atoms with van der Waals surface area (Å²) in [5.41, 5.74) is 7.87. The summed E-state index contributed by atoms with van der Waals surface area (Å²) in [6.07, 6.45) is 11.7. The number of piperidine rings is 1. The Kier molecular flexibility index (Phi) is 8.90. The maximum absolute atomic E-state index is 13.4. The van der Waals surface area contributed by atoms with Crippen LogP contribution in [0.3, 0.4) is 0 Å². The van der Waals surface area contributed by atoms with Crippen molar-refractivity contribution >= 4 is 29.4 Å². The Balaban J connectivity index is 0.687. The van der Waals surface area contributed by atoms with Gasteiger partial charge in [0, 0.05) is 81.5 Å². The number of nitrogens with zero attached hydrogens (tertiary/aromatic N) is 6. The lowest BCUT2D eigenvalue weighted by molar-refractivity contribution is -0.136. The molecule has 5 aliphatic heterocycles. The summed E-state index contributed by atoms with van der Waals surface area (Å²) in [5.74, 6) is 2.24. The number of nitrogens with one attached hydrogen (secondary N) is 1. The van der Waals surface area contributed by atoms with Crippen molar-refractivity contribution in [3.05, 3.63) is 106 Å². The summed E-state index contributed by atoms with van der Waals surface area (Å²) in [4.78, 5) is 56.7. The first-order valence-corrected chi connectivity index (χ1v) is 21.6.